The van der Waals surface area contributed by atoms with Crippen molar-refractivity contribution in [3.8, 4) is 0 Å². The van der Waals surface area contributed by atoms with Gasteiger partial charge < -0.3 is 9.80 Å². The minimum atomic E-state index is -3.07. The summed E-state index contributed by atoms with van der Waals surface area (Å²) in [7, 11) is -1.43. The Kier molecular flexibility index (Phi) is 3.91. The first-order valence-electron chi connectivity index (χ1n) is 9.14. The molecule has 1 saturated heterocycles. The predicted molar refractivity (Wildman–Crippen MR) is 98.6 cm³/mol. The van der Waals surface area contributed by atoms with E-state index in [1.807, 2.05) is 31.2 Å². The van der Waals surface area contributed by atoms with Gasteiger partial charge in [-0.3, -0.25) is 9.59 Å². The molecule has 3 aliphatic rings. The zero-order valence-electron chi connectivity index (χ0n) is 15.1. The zero-order chi connectivity index (χ0) is 18.7. The van der Waals surface area contributed by atoms with E-state index in [2.05, 4.69) is 0 Å². The monoisotopic (exact) mass is 376 g/mol. The molecule has 1 aliphatic carbocycles. The molecule has 0 aromatic heterocycles. The number of anilines is 1. The van der Waals surface area contributed by atoms with Gasteiger partial charge in [-0.1, -0.05) is 18.2 Å². The fraction of sp³-hybridized carbons (Fsp3) is 0.579. The molecule has 1 aromatic rings. The lowest BCUT2D eigenvalue weighted by Crippen LogP contribution is -2.50. The molecule has 6 nitrogen and oxygen atoms in total. The van der Waals surface area contributed by atoms with Gasteiger partial charge in [-0.15, -0.1) is 0 Å². The Balaban J connectivity index is 1.57. The molecule has 0 spiro atoms. The van der Waals surface area contributed by atoms with E-state index in [0.717, 1.165) is 17.7 Å². The van der Waals surface area contributed by atoms with E-state index in [9.17, 15) is 18.0 Å². The lowest BCUT2D eigenvalue weighted by molar-refractivity contribution is -0.143. The number of benzene rings is 1. The van der Waals surface area contributed by atoms with Crippen LogP contribution < -0.4 is 4.90 Å². The third-order valence-corrected chi connectivity index (χ3v) is 7.82. The number of para-hydroxylation sites is 1. The summed E-state index contributed by atoms with van der Waals surface area (Å²) in [6.45, 7) is 2.01. The molecule has 2 fully saturated rings. The van der Waals surface area contributed by atoms with Crippen molar-refractivity contribution in [1.29, 1.82) is 0 Å². The molecular weight excluding hydrogens is 352 g/mol. The lowest BCUT2D eigenvalue weighted by Gasteiger charge is -2.31. The van der Waals surface area contributed by atoms with Crippen molar-refractivity contribution >= 4 is 27.3 Å². The summed E-state index contributed by atoms with van der Waals surface area (Å²) in [6.07, 6.45) is 2.33. The number of fused-ring (bicyclic) bond motifs is 1. The highest BCUT2D eigenvalue weighted by Gasteiger charge is 2.61. The minimum Gasteiger partial charge on any atom is -0.341 e. The maximum absolute atomic E-state index is 13.4. The average Bonchev–Trinajstić information content (AvgIpc) is 3.23. The number of carbonyl (C=O) groups is 2. The van der Waals surface area contributed by atoms with Crippen molar-refractivity contribution < 1.29 is 18.0 Å². The highest BCUT2D eigenvalue weighted by Crippen LogP contribution is 2.51. The van der Waals surface area contributed by atoms with Gasteiger partial charge in [0.1, 0.15) is 5.41 Å². The normalized spacial score (nSPS) is 27.8. The van der Waals surface area contributed by atoms with Crippen molar-refractivity contribution in [1.82, 2.24) is 4.90 Å². The van der Waals surface area contributed by atoms with Crippen LogP contribution in [0.2, 0.25) is 0 Å². The van der Waals surface area contributed by atoms with Crippen LogP contribution in [0, 0.1) is 5.41 Å². The van der Waals surface area contributed by atoms with Crippen LogP contribution >= 0.6 is 0 Å². The van der Waals surface area contributed by atoms with Crippen LogP contribution in [0.5, 0.6) is 0 Å². The second kappa shape index (κ2) is 5.81. The summed E-state index contributed by atoms with van der Waals surface area (Å²) in [5.74, 6) is -0.233. The summed E-state index contributed by atoms with van der Waals surface area (Å²) in [5, 5.41) is 0. The summed E-state index contributed by atoms with van der Waals surface area (Å²) in [6, 6.07) is 7.55. The molecular formula is C19H24N2O4S. The number of hydrogen-bond donors (Lipinski definition) is 0. The van der Waals surface area contributed by atoms with Crippen LogP contribution in [0.4, 0.5) is 5.69 Å². The van der Waals surface area contributed by atoms with Crippen molar-refractivity contribution in [2.45, 2.75) is 44.7 Å². The molecule has 1 aromatic carbocycles. The molecule has 2 aliphatic heterocycles. The van der Waals surface area contributed by atoms with Crippen LogP contribution in [-0.4, -0.2) is 55.8 Å². The number of rotatable bonds is 3. The Morgan fingerprint density at radius 1 is 1.23 bits per heavy atom. The van der Waals surface area contributed by atoms with E-state index < -0.39 is 15.3 Å². The third-order valence-electron chi connectivity index (χ3n) is 6.07. The molecule has 140 valence electrons. The Morgan fingerprint density at radius 3 is 2.54 bits per heavy atom. The van der Waals surface area contributed by atoms with Crippen LogP contribution in [-0.2, 0) is 25.8 Å². The van der Waals surface area contributed by atoms with E-state index in [1.165, 1.54) is 4.90 Å². The van der Waals surface area contributed by atoms with E-state index in [0.29, 0.717) is 19.3 Å². The highest BCUT2D eigenvalue weighted by molar-refractivity contribution is 7.91. The van der Waals surface area contributed by atoms with Crippen molar-refractivity contribution in [3.05, 3.63) is 29.8 Å². The number of sulfone groups is 1. The molecule has 0 N–H and O–H groups in total. The first kappa shape index (κ1) is 17.5. The maximum Gasteiger partial charge on any atom is 0.242 e. The van der Waals surface area contributed by atoms with Gasteiger partial charge in [0.25, 0.3) is 0 Å². The summed E-state index contributed by atoms with van der Waals surface area (Å²) in [4.78, 5) is 29.8. The molecule has 0 radical (unpaired) electrons. The van der Waals surface area contributed by atoms with Gasteiger partial charge >= 0.3 is 0 Å². The van der Waals surface area contributed by atoms with Crippen molar-refractivity contribution in [2.75, 3.05) is 23.5 Å². The Bertz CT molecular complexity index is 875. The minimum absolute atomic E-state index is 0.00244. The third kappa shape index (κ3) is 2.64. The van der Waals surface area contributed by atoms with E-state index in [1.54, 1.807) is 11.9 Å². The van der Waals surface area contributed by atoms with Gasteiger partial charge in [0, 0.05) is 24.8 Å². The number of hydrogen-bond acceptors (Lipinski definition) is 4. The van der Waals surface area contributed by atoms with Gasteiger partial charge in [0.15, 0.2) is 9.84 Å². The molecule has 2 unspecified atom stereocenters. The van der Waals surface area contributed by atoms with E-state index in [4.69, 9.17) is 0 Å². The Labute approximate surface area is 154 Å². The predicted octanol–water partition coefficient (Wildman–Crippen LogP) is 1.39. The second-order valence-electron chi connectivity index (χ2n) is 7.91. The van der Waals surface area contributed by atoms with Gasteiger partial charge in [0.2, 0.25) is 11.8 Å². The quantitative estimate of drug-likeness (QED) is 0.747. The van der Waals surface area contributed by atoms with Gasteiger partial charge in [0.05, 0.1) is 11.5 Å². The topological polar surface area (TPSA) is 74.8 Å². The smallest absolute Gasteiger partial charge is 0.242 e. The van der Waals surface area contributed by atoms with Crippen molar-refractivity contribution in [3.63, 3.8) is 0 Å². The molecule has 2 amide bonds. The first-order chi connectivity index (χ1) is 12.3. The van der Waals surface area contributed by atoms with Gasteiger partial charge in [-0.05, 0) is 44.2 Å². The maximum atomic E-state index is 13.4. The fourth-order valence-electron chi connectivity index (χ4n) is 4.33. The molecule has 2 heterocycles. The SMILES string of the molecule is CC1Cc2ccccc2N1C(=O)C1(C(=O)N(C)C2CCS(=O)(=O)C2)CC1. The zero-order valence-corrected chi connectivity index (χ0v) is 16.0. The lowest BCUT2D eigenvalue weighted by atomic mass is 10.0. The van der Waals surface area contributed by atoms with Crippen LogP contribution in [0.3, 0.4) is 0 Å². The molecule has 26 heavy (non-hydrogen) atoms. The second-order valence-corrected chi connectivity index (χ2v) is 10.1. The Morgan fingerprint density at radius 2 is 1.92 bits per heavy atom. The van der Waals surface area contributed by atoms with E-state index >= 15 is 0 Å². The van der Waals surface area contributed by atoms with E-state index in [-0.39, 0.29) is 35.4 Å². The van der Waals surface area contributed by atoms with Crippen LogP contribution in [0.25, 0.3) is 0 Å². The molecule has 1 saturated carbocycles. The molecule has 7 heteroatoms. The van der Waals surface area contributed by atoms with Gasteiger partial charge in [-0.2, -0.15) is 0 Å². The molecule has 4 rings (SSSR count). The number of nitrogens with zero attached hydrogens (tertiary/aromatic N) is 2. The standard InChI is InChI=1S/C19H24N2O4S/c1-13-11-14-5-3-4-6-16(14)21(13)18(23)19(8-9-19)17(22)20(2)15-7-10-26(24,25)12-15/h3-6,13,15H,7-12H2,1-2H3. The van der Waals surface area contributed by atoms with Crippen LogP contribution in [0.1, 0.15) is 31.7 Å². The van der Waals surface area contributed by atoms with Crippen LogP contribution in [0.15, 0.2) is 24.3 Å². The van der Waals surface area contributed by atoms with Crippen molar-refractivity contribution in [2.24, 2.45) is 5.41 Å². The average molecular weight is 376 g/mol. The number of amides is 2. The fourth-order valence-corrected chi connectivity index (χ4v) is 6.11. The first-order valence-corrected chi connectivity index (χ1v) is 11.0. The summed E-state index contributed by atoms with van der Waals surface area (Å²) >= 11 is 0. The molecule has 2 atom stereocenters. The van der Waals surface area contributed by atoms with Gasteiger partial charge in [-0.25, -0.2) is 8.42 Å². The summed E-state index contributed by atoms with van der Waals surface area (Å²) in [5.41, 5.74) is 1.02. The Hall–Kier alpha value is -1.89. The highest BCUT2D eigenvalue weighted by atomic mass is 32.2. The number of carbonyl (C=O) groups excluding carboxylic acids is 2. The largest absolute Gasteiger partial charge is 0.341 e. The summed E-state index contributed by atoms with van der Waals surface area (Å²) < 4.78 is 23.5. The molecule has 0 bridgehead atoms.